The number of morpholine rings is 1. The van der Waals surface area contributed by atoms with Gasteiger partial charge in [-0.2, -0.15) is 0 Å². The lowest BCUT2D eigenvalue weighted by Crippen LogP contribution is -2.54. The molecule has 0 unspecified atom stereocenters. The molecule has 1 aliphatic carbocycles. The highest BCUT2D eigenvalue weighted by molar-refractivity contribution is 7.90. The van der Waals surface area contributed by atoms with Gasteiger partial charge >= 0.3 is 0 Å². The highest BCUT2D eigenvalue weighted by Crippen LogP contribution is 2.46. The first-order valence-electron chi connectivity index (χ1n) is 18.2. The van der Waals surface area contributed by atoms with Gasteiger partial charge in [0, 0.05) is 43.7 Å². The van der Waals surface area contributed by atoms with Gasteiger partial charge in [0.1, 0.15) is 18.0 Å². The summed E-state index contributed by atoms with van der Waals surface area (Å²) in [6.45, 7) is 9.56. The minimum Gasteiger partial charge on any atom is -0.487 e. The summed E-state index contributed by atoms with van der Waals surface area (Å²) in [6.07, 6.45) is 9.09. The van der Waals surface area contributed by atoms with Gasteiger partial charge < -0.3 is 24.2 Å². The van der Waals surface area contributed by atoms with Gasteiger partial charge in [0.05, 0.1) is 37.0 Å². The molecule has 5 atom stereocenters. The number of aliphatic hydroxyl groups excluding tert-OH is 1. The number of allylic oxidation sites excluding steroid dienone is 1. The average molecular weight is 730 g/mol. The zero-order valence-corrected chi connectivity index (χ0v) is 30.9. The molecule has 50 heavy (non-hydrogen) atoms. The summed E-state index contributed by atoms with van der Waals surface area (Å²) in [4.78, 5) is 17.9. The van der Waals surface area contributed by atoms with Gasteiger partial charge in [0.25, 0.3) is 10.0 Å². The second-order valence-corrected chi connectivity index (χ2v) is 16.6. The van der Waals surface area contributed by atoms with Crippen molar-refractivity contribution >= 4 is 33.2 Å². The normalized spacial score (nSPS) is 30.0. The number of ether oxygens (including phenoxy) is 3. The number of benzene rings is 2. The van der Waals surface area contributed by atoms with Crippen LogP contribution in [-0.4, -0.2) is 89.1 Å². The smallest absolute Gasteiger partial charge is 0.264 e. The van der Waals surface area contributed by atoms with Crippen molar-refractivity contribution in [2.45, 2.75) is 69.5 Å². The fraction of sp³-hybridized carbons (Fsp3) is 0.605. The molecule has 2 aromatic carbocycles. The molecule has 4 aliphatic rings. The number of fused-ring (bicyclic) bond motifs is 3. The molecule has 12 heteroatoms. The van der Waals surface area contributed by atoms with Crippen LogP contribution in [0.25, 0.3) is 0 Å². The monoisotopic (exact) mass is 729 g/mol. The predicted molar refractivity (Wildman–Crippen MR) is 194 cm³/mol. The van der Waals surface area contributed by atoms with E-state index in [-0.39, 0.29) is 29.3 Å². The molecule has 274 valence electrons. The quantitative estimate of drug-likeness (QED) is 0.401. The van der Waals surface area contributed by atoms with Crippen molar-refractivity contribution in [2.24, 2.45) is 23.7 Å². The maximum atomic E-state index is 13.7. The largest absolute Gasteiger partial charge is 0.487 e. The zero-order valence-electron chi connectivity index (χ0n) is 29.3. The molecule has 6 rings (SSSR count). The van der Waals surface area contributed by atoms with Crippen LogP contribution in [0.15, 0.2) is 53.4 Å². The van der Waals surface area contributed by atoms with E-state index >= 15 is 0 Å². The summed E-state index contributed by atoms with van der Waals surface area (Å²) in [6, 6.07) is 10.7. The maximum absolute atomic E-state index is 13.7. The second-order valence-electron chi connectivity index (χ2n) is 14.5. The lowest BCUT2D eigenvalue weighted by molar-refractivity contribution is -0.128. The molecule has 2 aromatic rings. The van der Waals surface area contributed by atoms with Gasteiger partial charge in [0.15, 0.2) is 0 Å². The molecule has 1 amide bonds. The average Bonchev–Trinajstić information content (AvgIpc) is 3.12. The van der Waals surface area contributed by atoms with Crippen LogP contribution in [0.1, 0.15) is 57.1 Å². The van der Waals surface area contributed by atoms with Crippen molar-refractivity contribution in [1.29, 1.82) is 0 Å². The topological polar surface area (TPSA) is 118 Å². The number of aryl methyl sites for hydroxylation is 1. The van der Waals surface area contributed by atoms with Crippen molar-refractivity contribution < 1.29 is 32.5 Å². The summed E-state index contributed by atoms with van der Waals surface area (Å²) in [5.74, 6) is -0.449. The molecule has 10 nitrogen and oxygen atoms in total. The fourth-order valence-corrected chi connectivity index (χ4v) is 8.99. The SMILES string of the molecule is C[C@H]1C/C=C/[C@@](CO)(OCCN2CCOCC2)[C@@H]2CC[C@H]2CN2CCCCc3cc(Cl)ccc3COc3ccc(cc32)S(=O)(=O)NC(=O)[C@@H]1C. The lowest BCUT2D eigenvalue weighted by atomic mass is 9.64. The minimum absolute atomic E-state index is 0.0217. The first kappa shape index (κ1) is 37.1. The third-order valence-electron chi connectivity index (χ3n) is 11.3. The van der Waals surface area contributed by atoms with E-state index in [1.165, 1.54) is 6.07 Å². The molecule has 2 fully saturated rings. The number of rotatable bonds is 5. The third-order valence-corrected chi connectivity index (χ3v) is 12.9. The van der Waals surface area contributed by atoms with Gasteiger partial charge in [-0.25, -0.2) is 13.1 Å². The van der Waals surface area contributed by atoms with Gasteiger partial charge in [-0.05, 0) is 97.7 Å². The van der Waals surface area contributed by atoms with Crippen LogP contribution < -0.4 is 14.4 Å². The molecule has 1 saturated heterocycles. The Morgan fingerprint density at radius 3 is 2.64 bits per heavy atom. The molecule has 0 aromatic heterocycles. The standard InChI is InChI=1S/C38H52ClN3O7S/c1-27-6-5-14-38(26-43,49-21-18-41-16-19-47-20-17-41)34-12-9-30(34)24-42-15-4-3-7-29-22-32(39)10-8-31(29)25-48-36-13-11-33(23-35(36)42)50(45,46)40-37(44)28(27)2/h5,8,10-11,13-14,22-23,27-28,30,34,43H,3-4,6-7,9,12,15-21,24-26H2,1-2H3,(H,40,44)/b14-5+/t27-,28+,30-,34+,38-/m0/s1. The van der Waals surface area contributed by atoms with Gasteiger partial charge in [-0.3, -0.25) is 9.69 Å². The lowest BCUT2D eigenvalue weighted by Gasteiger charge is -2.50. The number of hydrogen-bond donors (Lipinski definition) is 2. The Bertz CT molecular complexity index is 1630. The maximum Gasteiger partial charge on any atom is 0.264 e. The summed E-state index contributed by atoms with van der Waals surface area (Å²) in [5, 5.41) is 11.8. The van der Waals surface area contributed by atoms with Crippen molar-refractivity contribution in [2.75, 3.05) is 64.1 Å². The number of aliphatic hydroxyl groups is 1. The second kappa shape index (κ2) is 16.3. The van der Waals surface area contributed by atoms with E-state index in [1.54, 1.807) is 19.1 Å². The van der Waals surface area contributed by atoms with Crippen LogP contribution in [0.4, 0.5) is 5.69 Å². The highest BCUT2D eigenvalue weighted by Gasteiger charge is 2.47. The molecule has 2 bridgehead atoms. The number of hydrogen-bond acceptors (Lipinski definition) is 9. The Morgan fingerprint density at radius 1 is 1.06 bits per heavy atom. The first-order valence-corrected chi connectivity index (χ1v) is 20.0. The van der Waals surface area contributed by atoms with E-state index in [0.29, 0.717) is 62.4 Å². The Hall–Kier alpha value is -2.67. The molecule has 2 N–H and O–H groups in total. The van der Waals surface area contributed by atoms with Crippen LogP contribution in [-0.2, 0) is 37.3 Å². The van der Waals surface area contributed by atoms with E-state index in [0.717, 1.165) is 62.9 Å². The molecule has 3 heterocycles. The Kier molecular flexibility index (Phi) is 12.1. The van der Waals surface area contributed by atoms with Crippen LogP contribution in [0, 0.1) is 23.7 Å². The van der Waals surface area contributed by atoms with E-state index in [2.05, 4.69) is 14.5 Å². The van der Waals surface area contributed by atoms with Crippen LogP contribution in [0.3, 0.4) is 0 Å². The fourth-order valence-electron chi connectivity index (χ4n) is 7.71. The van der Waals surface area contributed by atoms with Gasteiger partial charge in [-0.15, -0.1) is 0 Å². The number of anilines is 1. The Balaban J connectivity index is 1.36. The number of carbonyl (C=O) groups is 1. The van der Waals surface area contributed by atoms with Crippen LogP contribution >= 0.6 is 11.6 Å². The summed E-state index contributed by atoms with van der Waals surface area (Å²) >= 11 is 6.37. The predicted octanol–water partition coefficient (Wildman–Crippen LogP) is 5.20. The highest BCUT2D eigenvalue weighted by atomic mass is 35.5. The molecular weight excluding hydrogens is 678 g/mol. The molecular formula is C38H52ClN3O7S. The summed E-state index contributed by atoms with van der Waals surface area (Å²) in [5.41, 5.74) is 1.99. The number of carbonyl (C=O) groups excluding carboxylic acids is 1. The Labute approximate surface area is 302 Å². The summed E-state index contributed by atoms with van der Waals surface area (Å²) in [7, 11) is -4.15. The summed E-state index contributed by atoms with van der Waals surface area (Å²) < 4.78 is 48.4. The van der Waals surface area contributed by atoms with Crippen molar-refractivity contribution in [3.63, 3.8) is 0 Å². The van der Waals surface area contributed by atoms with E-state index in [4.69, 9.17) is 25.8 Å². The first-order chi connectivity index (χ1) is 24.1. The molecule has 1 saturated carbocycles. The number of amides is 1. The number of halogens is 1. The van der Waals surface area contributed by atoms with E-state index < -0.39 is 27.4 Å². The van der Waals surface area contributed by atoms with E-state index in [9.17, 15) is 18.3 Å². The number of nitrogens with zero attached hydrogens (tertiary/aromatic N) is 2. The van der Waals surface area contributed by atoms with Crippen molar-refractivity contribution in [1.82, 2.24) is 9.62 Å². The van der Waals surface area contributed by atoms with Crippen molar-refractivity contribution in [3.8, 4) is 5.75 Å². The molecule has 0 spiro atoms. The van der Waals surface area contributed by atoms with Crippen LogP contribution in [0.5, 0.6) is 5.75 Å². The number of nitrogens with one attached hydrogen (secondary N) is 1. The van der Waals surface area contributed by atoms with Gasteiger partial charge in [-0.1, -0.05) is 43.7 Å². The van der Waals surface area contributed by atoms with Crippen molar-refractivity contribution in [3.05, 3.63) is 64.7 Å². The molecule has 3 aliphatic heterocycles. The van der Waals surface area contributed by atoms with Crippen LogP contribution in [0.2, 0.25) is 5.02 Å². The minimum atomic E-state index is -4.15. The van der Waals surface area contributed by atoms with E-state index in [1.807, 2.05) is 37.3 Å². The third kappa shape index (κ3) is 8.51. The Morgan fingerprint density at radius 2 is 1.88 bits per heavy atom. The number of sulfonamides is 1. The van der Waals surface area contributed by atoms with Gasteiger partial charge in [0.2, 0.25) is 5.91 Å². The zero-order chi connectivity index (χ0) is 35.3. The molecule has 0 radical (unpaired) electrons.